The van der Waals surface area contributed by atoms with Crippen molar-refractivity contribution in [2.45, 2.75) is 33.6 Å². The van der Waals surface area contributed by atoms with Crippen molar-refractivity contribution >= 4 is 6.21 Å². The Morgan fingerprint density at radius 1 is 1.07 bits per heavy atom. The molecule has 1 heterocycles. The summed E-state index contributed by atoms with van der Waals surface area (Å²) in [6.45, 7) is 6.72. The van der Waals surface area contributed by atoms with Gasteiger partial charge in [-0.1, -0.05) is 39.0 Å². The lowest BCUT2D eigenvalue weighted by molar-refractivity contribution is 0.508. The van der Waals surface area contributed by atoms with Crippen LogP contribution in [0.3, 0.4) is 0 Å². The predicted octanol–water partition coefficient (Wildman–Crippen LogP) is 3.58. The number of rotatable bonds is 1. The second-order valence-corrected chi connectivity index (χ2v) is 5.39. The molecule has 14 heavy (non-hydrogen) atoms. The first-order valence-electron chi connectivity index (χ1n) is 5.44. The minimum Gasteiger partial charge on any atom is -0.268 e. The molecule has 1 saturated carbocycles. The lowest BCUT2D eigenvalue weighted by Crippen LogP contribution is -2.20. The highest BCUT2D eigenvalue weighted by Gasteiger charge is 2.38. The van der Waals surface area contributed by atoms with Crippen LogP contribution in [-0.4, -0.2) is 6.21 Å². The van der Waals surface area contributed by atoms with E-state index >= 15 is 0 Å². The van der Waals surface area contributed by atoms with Gasteiger partial charge in [-0.2, -0.15) is 0 Å². The molecule has 0 aromatic rings. The van der Waals surface area contributed by atoms with Gasteiger partial charge in [0.2, 0.25) is 0 Å². The molecule has 1 fully saturated rings. The van der Waals surface area contributed by atoms with Gasteiger partial charge in [0, 0.05) is 23.2 Å². The second kappa shape index (κ2) is 3.08. The molecule has 1 aliphatic carbocycles. The second-order valence-electron chi connectivity index (χ2n) is 5.39. The average molecular weight is 189 g/mol. The van der Waals surface area contributed by atoms with Crippen LogP contribution in [0.5, 0.6) is 0 Å². The Bertz CT molecular complexity index is 305. The van der Waals surface area contributed by atoms with Crippen LogP contribution in [0.25, 0.3) is 0 Å². The van der Waals surface area contributed by atoms with Crippen LogP contribution in [0.2, 0.25) is 0 Å². The summed E-state index contributed by atoms with van der Waals surface area (Å²) in [6, 6.07) is 0. The van der Waals surface area contributed by atoms with Crippen LogP contribution < -0.4 is 0 Å². The molecule has 0 saturated heterocycles. The molecule has 0 radical (unpaired) electrons. The molecule has 1 atom stereocenters. The van der Waals surface area contributed by atoms with E-state index < -0.39 is 0 Å². The molecule has 1 aliphatic heterocycles. The van der Waals surface area contributed by atoms with Crippen LogP contribution in [-0.2, 0) is 0 Å². The van der Waals surface area contributed by atoms with Crippen LogP contribution in [0.1, 0.15) is 33.6 Å². The molecule has 0 amide bonds. The summed E-state index contributed by atoms with van der Waals surface area (Å²) in [6.07, 6.45) is 13.6. The molecule has 76 valence electrons. The molecular weight excluding hydrogens is 170 g/mol. The van der Waals surface area contributed by atoms with E-state index in [0.29, 0.717) is 0 Å². The van der Waals surface area contributed by atoms with Gasteiger partial charge in [-0.25, -0.2) is 0 Å². The van der Waals surface area contributed by atoms with Crippen molar-refractivity contribution < 1.29 is 0 Å². The molecule has 1 heteroatoms. The number of allylic oxidation sites excluding steroid dienone is 3. The maximum Gasteiger partial charge on any atom is 0.0236 e. The third kappa shape index (κ3) is 1.97. The van der Waals surface area contributed by atoms with Crippen LogP contribution in [0, 0.1) is 16.7 Å². The fourth-order valence-electron chi connectivity index (χ4n) is 1.88. The van der Waals surface area contributed by atoms with Gasteiger partial charge in [-0.3, -0.25) is 4.99 Å². The smallest absolute Gasteiger partial charge is 0.0236 e. The summed E-state index contributed by atoms with van der Waals surface area (Å²) < 4.78 is 0. The SMILES string of the molecule is CC1(C)/C=C\N=CC(C)(C2CC2)/C=C\1. The zero-order valence-electron chi connectivity index (χ0n) is 9.33. The van der Waals surface area contributed by atoms with E-state index in [1.54, 1.807) is 0 Å². The highest BCUT2D eigenvalue weighted by Crippen LogP contribution is 2.46. The van der Waals surface area contributed by atoms with E-state index in [1.165, 1.54) is 12.8 Å². The molecule has 0 N–H and O–H groups in total. The van der Waals surface area contributed by atoms with Gasteiger partial charge in [0.05, 0.1) is 0 Å². The minimum atomic E-state index is 0.147. The normalized spacial score (nSPS) is 39.9. The Morgan fingerprint density at radius 3 is 2.43 bits per heavy atom. The quantitative estimate of drug-likeness (QED) is 0.559. The summed E-state index contributed by atoms with van der Waals surface area (Å²) in [5.41, 5.74) is 0.343. The van der Waals surface area contributed by atoms with Gasteiger partial charge in [0.15, 0.2) is 0 Å². The summed E-state index contributed by atoms with van der Waals surface area (Å²) in [5.74, 6) is 0.824. The maximum atomic E-state index is 4.38. The summed E-state index contributed by atoms with van der Waals surface area (Å²) >= 11 is 0. The van der Waals surface area contributed by atoms with E-state index in [4.69, 9.17) is 0 Å². The molecule has 0 aromatic heterocycles. The number of hydrogen-bond donors (Lipinski definition) is 0. The third-order valence-electron chi connectivity index (χ3n) is 3.27. The molecule has 2 aliphatic rings. The number of aliphatic imine (C=N–C) groups is 1. The van der Waals surface area contributed by atoms with Crippen molar-refractivity contribution in [3.63, 3.8) is 0 Å². The minimum absolute atomic E-state index is 0.147. The van der Waals surface area contributed by atoms with Gasteiger partial charge in [0.25, 0.3) is 0 Å². The van der Waals surface area contributed by atoms with E-state index in [1.807, 2.05) is 6.20 Å². The van der Waals surface area contributed by atoms with Crippen molar-refractivity contribution in [2.75, 3.05) is 0 Å². The van der Waals surface area contributed by atoms with E-state index in [2.05, 4.69) is 50.2 Å². The zero-order valence-corrected chi connectivity index (χ0v) is 9.33. The first-order valence-corrected chi connectivity index (χ1v) is 5.44. The molecule has 2 rings (SSSR count). The zero-order chi connectivity index (χ0) is 10.2. The van der Waals surface area contributed by atoms with Gasteiger partial charge < -0.3 is 0 Å². The van der Waals surface area contributed by atoms with Crippen LogP contribution in [0.15, 0.2) is 29.4 Å². The highest BCUT2D eigenvalue weighted by atomic mass is 14.7. The Balaban J connectivity index is 2.29. The maximum absolute atomic E-state index is 4.38. The Morgan fingerprint density at radius 2 is 1.79 bits per heavy atom. The highest BCUT2D eigenvalue weighted by molar-refractivity contribution is 5.70. The van der Waals surface area contributed by atoms with E-state index in [9.17, 15) is 0 Å². The predicted molar refractivity (Wildman–Crippen MR) is 61.4 cm³/mol. The Labute approximate surface area is 86.6 Å². The molecule has 0 aromatic carbocycles. The number of hydrogen-bond acceptors (Lipinski definition) is 1. The Hall–Kier alpha value is -0.850. The number of nitrogens with zero attached hydrogens (tertiary/aromatic N) is 1. The van der Waals surface area contributed by atoms with Crippen LogP contribution >= 0.6 is 0 Å². The molecule has 0 spiro atoms. The van der Waals surface area contributed by atoms with E-state index in [0.717, 1.165) is 5.92 Å². The summed E-state index contributed by atoms with van der Waals surface area (Å²) in [7, 11) is 0. The largest absolute Gasteiger partial charge is 0.268 e. The fraction of sp³-hybridized carbons (Fsp3) is 0.615. The summed E-state index contributed by atoms with van der Waals surface area (Å²) in [4.78, 5) is 4.38. The molecule has 1 unspecified atom stereocenters. The van der Waals surface area contributed by atoms with Gasteiger partial charge in [-0.15, -0.1) is 0 Å². The van der Waals surface area contributed by atoms with Crippen molar-refractivity contribution in [1.29, 1.82) is 0 Å². The summed E-state index contributed by atoms with van der Waals surface area (Å²) in [5, 5.41) is 0. The van der Waals surface area contributed by atoms with Gasteiger partial charge in [-0.05, 0) is 18.8 Å². The first kappa shape index (κ1) is 9.70. The van der Waals surface area contributed by atoms with Gasteiger partial charge >= 0.3 is 0 Å². The van der Waals surface area contributed by atoms with Crippen LogP contribution in [0.4, 0.5) is 0 Å². The molecule has 0 bridgehead atoms. The Kier molecular flexibility index (Phi) is 2.13. The molecular formula is C13H19N. The monoisotopic (exact) mass is 189 g/mol. The fourth-order valence-corrected chi connectivity index (χ4v) is 1.88. The van der Waals surface area contributed by atoms with Gasteiger partial charge in [0.1, 0.15) is 0 Å². The average Bonchev–Trinajstić information content (AvgIpc) is 2.91. The first-order chi connectivity index (χ1) is 6.52. The third-order valence-corrected chi connectivity index (χ3v) is 3.27. The van der Waals surface area contributed by atoms with Crippen molar-refractivity contribution in [3.05, 3.63) is 24.4 Å². The van der Waals surface area contributed by atoms with Crippen molar-refractivity contribution in [2.24, 2.45) is 21.7 Å². The standard InChI is InChI=1S/C13H19N/c1-12(2)6-7-13(3,11-4-5-11)10-14-9-8-12/h6-11H,4-5H2,1-3H3/b7-6-,9-8-,14-10?. The lowest BCUT2D eigenvalue weighted by atomic mass is 9.81. The lowest BCUT2D eigenvalue weighted by Gasteiger charge is -2.24. The topological polar surface area (TPSA) is 12.4 Å². The van der Waals surface area contributed by atoms with Crippen molar-refractivity contribution in [3.8, 4) is 0 Å². The van der Waals surface area contributed by atoms with Crippen molar-refractivity contribution in [1.82, 2.24) is 0 Å². The van der Waals surface area contributed by atoms with E-state index in [-0.39, 0.29) is 10.8 Å². The molecule has 1 nitrogen and oxygen atoms in total.